The fourth-order valence-corrected chi connectivity index (χ4v) is 5.97. The van der Waals surface area contributed by atoms with Gasteiger partial charge in [0.05, 0.1) is 11.9 Å². The zero-order chi connectivity index (χ0) is 25.6. The van der Waals surface area contributed by atoms with E-state index in [9.17, 15) is 21.6 Å². The highest BCUT2D eigenvalue weighted by atomic mass is 32.2. The van der Waals surface area contributed by atoms with Crippen molar-refractivity contribution < 1.29 is 26.4 Å². The van der Waals surface area contributed by atoms with Crippen LogP contribution < -0.4 is 10.5 Å². The summed E-state index contributed by atoms with van der Waals surface area (Å²) in [5.74, 6) is 0.232. The number of nitrogens with zero attached hydrogens (tertiary/aromatic N) is 6. The first-order chi connectivity index (χ1) is 16.3. The topological polar surface area (TPSA) is 150 Å². The smallest absolute Gasteiger partial charge is 0.381 e. The molecule has 15 heteroatoms. The number of pyridine rings is 1. The van der Waals surface area contributed by atoms with E-state index >= 15 is 0 Å². The minimum absolute atomic E-state index is 0.0664. The maximum Gasteiger partial charge on any atom is 0.446 e. The molecule has 0 aromatic carbocycles. The molecule has 3 aromatic rings. The van der Waals surface area contributed by atoms with E-state index < -0.39 is 28.0 Å². The van der Waals surface area contributed by atoms with E-state index in [1.54, 1.807) is 19.2 Å². The van der Waals surface area contributed by atoms with E-state index in [0.29, 0.717) is 41.9 Å². The Hall–Kier alpha value is -3.64. The molecule has 6 rings (SSSR count). The molecule has 0 radical (unpaired) electrons. The molecule has 3 saturated carbocycles. The van der Waals surface area contributed by atoms with Gasteiger partial charge in [-0.05, 0) is 19.4 Å². The van der Waals surface area contributed by atoms with Gasteiger partial charge in [-0.3, -0.25) is 9.78 Å². The number of fused-ring (bicyclic) bond motifs is 2. The monoisotopic (exact) mass is 508 g/mol. The SMILES string of the molecule is O=CC(F)(F)F.[C-]#[N+]C12CCC(NS(=O)(=O)c3cnc(C)c(-c4cnc5c(N)ncnn45)c3)(C1)C2. The standard InChI is InChI=1S/C18H18N8O2S.C2HF3O/c1-11-13(14-7-22-16-15(19)23-10-24-26(14)16)5-12(6-21-11)29(27,28)25-18-4-3-17(8-18,9-18)20-2;3-2(4,5)1-6/h5-7,10,25H,3-4,8-9H2,1H3,(H2,19,23,24);1H. The van der Waals surface area contributed by atoms with Gasteiger partial charge in [0, 0.05) is 42.3 Å². The number of nitrogens with one attached hydrogen (secondary N) is 1. The molecule has 0 amide bonds. The van der Waals surface area contributed by atoms with Gasteiger partial charge in [0.2, 0.25) is 21.8 Å². The number of aromatic nitrogens is 5. The van der Waals surface area contributed by atoms with Gasteiger partial charge in [0.25, 0.3) is 0 Å². The molecule has 11 nitrogen and oxygen atoms in total. The molecule has 184 valence electrons. The van der Waals surface area contributed by atoms with Gasteiger partial charge in [0.15, 0.2) is 11.5 Å². The molecule has 3 aliphatic rings. The molecular weight excluding hydrogens is 489 g/mol. The summed E-state index contributed by atoms with van der Waals surface area (Å²) < 4.78 is 61.7. The van der Waals surface area contributed by atoms with Crippen LogP contribution in [0.15, 0.2) is 29.7 Å². The van der Waals surface area contributed by atoms with Crippen LogP contribution in [-0.4, -0.2) is 56.5 Å². The van der Waals surface area contributed by atoms with Gasteiger partial charge in [-0.1, -0.05) is 0 Å². The summed E-state index contributed by atoms with van der Waals surface area (Å²) in [5, 5.41) is 4.17. The van der Waals surface area contributed by atoms with Crippen molar-refractivity contribution in [2.24, 2.45) is 0 Å². The Balaban J connectivity index is 0.000000431. The lowest BCUT2D eigenvalue weighted by molar-refractivity contribution is -0.156. The molecule has 2 bridgehead atoms. The van der Waals surface area contributed by atoms with Gasteiger partial charge < -0.3 is 10.6 Å². The quantitative estimate of drug-likeness (QED) is 0.402. The van der Waals surface area contributed by atoms with Crippen LogP contribution in [0.1, 0.15) is 31.4 Å². The van der Waals surface area contributed by atoms with Crippen molar-refractivity contribution in [2.75, 3.05) is 5.73 Å². The fraction of sp³-hybridized carbons (Fsp3) is 0.400. The van der Waals surface area contributed by atoms with Crippen LogP contribution in [0.3, 0.4) is 0 Å². The summed E-state index contributed by atoms with van der Waals surface area (Å²) in [6, 6.07) is 1.57. The largest absolute Gasteiger partial charge is 0.446 e. The molecule has 0 atom stereocenters. The lowest BCUT2D eigenvalue weighted by Crippen LogP contribution is -2.57. The maximum absolute atomic E-state index is 13.1. The predicted molar refractivity (Wildman–Crippen MR) is 116 cm³/mol. The number of sulfonamides is 1. The number of nitrogens with two attached hydrogens (primary N) is 1. The van der Waals surface area contributed by atoms with E-state index in [1.165, 1.54) is 17.0 Å². The van der Waals surface area contributed by atoms with Gasteiger partial charge >= 0.3 is 6.18 Å². The number of alkyl halides is 3. The van der Waals surface area contributed by atoms with Gasteiger partial charge in [0.1, 0.15) is 11.2 Å². The Morgan fingerprint density at radius 1 is 1.23 bits per heavy atom. The van der Waals surface area contributed by atoms with E-state index in [1.807, 2.05) is 0 Å². The molecule has 3 aliphatic carbocycles. The van der Waals surface area contributed by atoms with Crippen LogP contribution in [-0.2, 0) is 14.8 Å². The summed E-state index contributed by atoms with van der Waals surface area (Å²) in [4.78, 5) is 24.9. The summed E-state index contributed by atoms with van der Waals surface area (Å²) in [6.45, 7) is 9.13. The van der Waals surface area contributed by atoms with E-state index in [-0.39, 0.29) is 16.3 Å². The second kappa shape index (κ2) is 8.24. The second-order valence-corrected chi connectivity index (χ2v) is 10.2. The number of carbonyl (C=O) groups is 1. The van der Waals surface area contributed by atoms with Gasteiger partial charge in [-0.2, -0.15) is 18.3 Å². The Morgan fingerprint density at radius 3 is 2.51 bits per heavy atom. The fourth-order valence-electron chi connectivity index (χ4n) is 4.57. The van der Waals surface area contributed by atoms with Crippen LogP contribution >= 0.6 is 0 Å². The first-order valence-electron chi connectivity index (χ1n) is 10.2. The molecule has 35 heavy (non-hydrogen) atoms. The number of nitrogen functional groups attached to an aromatic ring is 1. The Morgan fingerprint density at radius 2 is 1.91 bits per heavy atom. The average Bonchev–Trinajstić information content (AvgIpc) is 3.46. The summed E-state index contributed by atoms with van der Waals surface area (Å²) in [6.07, 6.45) is 1.09. The third kappa shape index (κ3) is 4.54. The third-order valence-corrected chi connectivity index (χ3v) is 7.65. The van der Waals surface area contributed by atoms with Crippen LogP contribution in [0.5, 0.6) is 0 Å². The molecule has 0 unspecified atom stereocenters. The number of aldehydes is 1. The molecule has 3 aromatic heterocycles. The van der Waals surface area contributed by atoms with E-state index in [4.69, 9.17) is 17.1 Å². The molecular formula is C20H19F3N8O3S. The zero-order valence-corrected chi connectivity index (χ0v) is 19.1. The van der Waals surface area contributed by atoms with E-state index in [2.05, 4.69) is 29.6 Å². The average molecular weight is 508 g/mol. The third-order valence-electron chi connectivity index (χ3n) is 6.10. The maximum atomic E-state index is 13.1. The molecule has 0 aliphatic heterocycles. The van der Waals surface area contributed by atoms with Crippen molar-refractivity contribution in [3.05, 3.63) is 41.9 Å². The summed E-state index contributed by atoms with van der Waals surface area (Å²) >= 11 is 0. The molecule has 3 N–H and O–H groups in total. The van der Waals surface area contributed by atoms with Crippen LogP contribution in [0.2, 0.25) is 0 Å². The minimum Gasteiger partial charge on any atom is -0.381 e. The van der Waals surface area contributed by atoms with Gasteiger partial charge in [-0.25, -0.2) is 34.2 Å². The number of anilines is 1. The first kappa shape index (κ1) is 24.5. The van der Waals surface area contributed by atoms with Crippen LogP contribution in [0, 0.1) is 13.5 Å². The Bertz CT molecular complexity index is 1460. The molecule has 0 saturated heterocycles. The Kier molecular flexibility index (Phi) is 5.76. The number of carbonyl (C=O) groups excluding carboxylic acids is 1. The molecule has 0 spiro atoms. The highest BCUT2D eigenvalue weighted by Gasteiger charge is 2.67. The number of hydrogen-bond donors (Lipinski definition) is 2. The van der Waals surface area contributed by atoms with Crippen molar-refractivity contribution in [2.45, 2.75) is 54.8 Å². The summed E-state index contributed by atoms with van der Waals surface area (Å²) in [5.41, 5.74) is 7.14. The van der Waals surface area contributed by atoms with Crippen molar-refractivity contribution in [1.29, 1.82) is 0 Å². The van der Waals surface area contributed by atoms with Crippen molar-refractivity contribution in [1.82, 2.24) is 29.3 Å². The number of imidazole rings is 1. The number of rotatable bonds is 4. The predicted octanol–water partition coefficient (Wildman–Crippen LogP) is 2.09. The van der Waals surface area contributed by atoms with Crippen molar-refractivity contribution in [3.8, 4) is 11.3 Å². The molecule has 3 fully saturated rings. The van der Waals surface area contributed by atoms with E-state index in [0.717, 1.165) is 6.42 Å². The lowest BCUT2D eigenvalue weighted by Gasteiger charge is -2.39. The Labute approximate surface area is 197 Å². The highest BCUT2D eigenvalue weighted by molar-refractivity contribution is 7.89. The van der Waals surface area contributed by atoms with Crippen molar-refractivity contribution in [3.63, 3.8) is 0 Å². The van der Waals surface area contributed by atoms with Crippen LogP contribution in [0.4, 0.5) is 19.0 Å². The van der Waals surface area contributed by atoms with Crippen molar-refractivity contribution >= 4 is 27.8 Å². The normalized spacial score (nSPS) is 23.2. The second-order valence-electron chi connectivity index (χ2n) is 8.56. The zero-order valence-electron chi connectivity index (χ0n) is 18.2. The first-order valence-corrected chi connectivity index (χ1v) is 11.7. The molecule has 3 heterocycles. The number of aryl methyl sites for hydroxylation is 1. The highest BCUT2D eigenvalue weighted by Crippen LogP contribution is 2.57. The van der Waals surface area contributed by atoms with Gasteiger partial charge in [-0.15, -0.1) is 0 Å². The van der Waals surface area contributed by atoms with Crippen LogP contribution in [0.25, 0.3) is 21.7 Å². The summed E-state index contributed by atoms with van der Waals surface area (Å²) in [7, 11) is -3.79. The minimum atomic E-state index is -4.64. The lowest BCUT2D eigenvalue weighted by atomic mass is 9.72. The number of halogens is 3. The number of hydrogen-bond acceptors (Lipinski definition) is 8.